The number of hydrogen-bond acceptors (Lipinski definition) is 7. The largest absolute Gasteiger partial charge is 0.484 e. The number of imidazole rings is 1. The summed E-state index contributed by atoms with van der Waals surface area (Å²) in [6.07, 6.45) is 6.31. The molecule has 2 aromatic rings. The molecule has 0 radical (unpaired) electrons. The first-order chi connectivity index (χ1) is 20.1. The highest BCUT2D eigenvalue weighted by atomic mass is 16.5. The fourth-order valence-corrected chi connectivity index (χ4v) is 5.05. The summed E-state index contributed by atoms with van der Waals surface area (Å²) in [6, 6.07) is 3.35. The molecule has 2 bridgehead atoms. The van der Waals surface area contributed by atoms with Crippen LogP contribution >= 0.6 is 0 Å². The Morgan fingerprint density at radius 2 is 1.86 bits per heavy atom. The minimum atomic E-state index is -0.963. The number of carbonyl (C=O) groups excluding carboxylic acids is 5. The third-order valence-corrected chi connectivity index (χ3v) is 7.43. The van der Waals surface area contributed by atoms with Crippen molar-refractivity contribution in [3.8, 4) is 5.75 Å². The number of amides is 5. The van der Waals surface area contributed by atoms with Crippen molar-refractivity contribution in [3.05, 3.63) is 48.5 Å². The van der Waals surface area contributed by atoms with Gasteiger partial charge in [-0.05, 0) is 43.4 Å². The molecule has 0 saturated carbocycles. The lowest BCUT2D eigenvalue weighted by Crippen LogP contribution is -2.58. The first kappa shape index (κ1) is 30.5. The Kier molecular flexibility index (Phi) is 10.2. The highest BCUT2D eigenvalue weighted by Gasteiger charge is 2.39. The van der Waals surface area contributed by atoms with Gasteiger partial charge in [-0.1, -0.05) is 26.0 Å². The Morgan fingerprint density at radius 3 is 2.55 bits per heavy atom. The van der Waals surface area contributed by atoms with Crippen LogP contribution in [0.25, 0.3) is 0 Å². The van der Waals surface area contributed by atoms with Gasteiger partial charge in [0.25, 0.3) is 5.91 Å². The highest BCUT2D eigenvalue weighted by Crippen LogP contribution is 2.21. The topological polar surface area (TPSA) is 164 Å². The average Bonchev–Trinajstić information content (AvgIpc) is 3.67. The SMILES string of the molecule is CC(C)[C@@H]1NC(=O)COc2ccc(cc2)C[C@@H](C(=O)NCCn2ccnc2)NC(=O)[C@H](C)NC(=O)[C@H]2CCCN2C1=O. The van der Waals surface area contributed by atoms with Gasteiger partial charge in [-0.3, -0.25) is 24.0 Å². The van der Waals surface area contributed by atoms with E-state index in [2.05, 4.69) is 26.3 Å². The number of nitrogens with one attached hydrogen (secondary N) is 4. The lowest BCUT2D eigenvalue weighted by atomic mass is 10.0. The van der Waals surface area contributed by atoms with Gasteiger partial charge in [0.1, 0.15) is 29.9 Å². The number of ether oxygens (including phenoxy) is 1. The van der Waals surface area contributed by atoms with Crippen LogP contribution in [0.5, 0.6) is 5.75 Å². The minimum Gasteiger partial charge on any atom is -0.484 e. The fraction of sp³-hybridized carbons (Fsp3) is 0.517. The van der Waals surface area contributed by atoms with E-state index in [1.54, 1.807) is 43.0 Å². The number of benzene rings is 1. The van der Waals surface area contributed by atoms with Crippen LogP contribution in [0.4, 0.5) is 0 Å². The number of fused-ring (bicyclic) bond motifs is 13. The molecule has 3 aliphatic heterocycles. The van der Waals surface area contributed by atoms with Crippen LogP contribution in [0.2, 0.25) is 0 Å². The highest BCUT2D eigenvalue weighted by molar-refractivity contribution is 5.96. The lowest BCUT2D eigenvalue weighted by Gasteiger charge is -2.31. The van der Waals surface area contributed by atoms with Crippen molar-refractivity contribution in [1.29, 1.82) is 0 Å². The molecule has 1 fully saturated rings. The van der Waals surface area contributed by atoms with Gasteiger partial charge in [-0.2, -0.15) is 0 Å². The van der Waals surface area contributed by atoms with Crippen molar-refractivity contribution in [2.24, 2.45) is 5.92 Å². The Labute approximate surface area is 244 Å². The van der Waals surface area contributed by atoms with Gasteiger partial charge >= 0.3 is 0 Å². The molecule has 1 aromatic heterocycles. The van der Waals surface area contributed by atoms with Crippen molar-refractivity contribution in [3.63, 3.8) is 0 Å². The van der Waals surface area contributed by atoms with Gasteiger partial charge in [0.2, 0.25) is 23.6 Å². The number of nitrogens with zero attached hydrogens (tertiary/aromatic N) is 3. The molecule has 4 heterocycles. The number of aromatic nitrogens is 2. The zero-order chi connectivity index (χ0) is 30.2. The second-order valence-corrected chi connectivity index (χ2v) is 11.0. The van der Waals surface area contributed by atoms with Crippen molar-refractivity contribution >= 4 is 29.5 Å². The normalized spacial score (nSPS) is 24.0. The third kappa shape index (κ3) is 7.86. The predicted molar refractivity (Wildman–Crippen MR) is 152 cm³/mol. The van der Waals surface area contributed by atoms with Gasteiger partial charge in [0, 0.05) is 38.4 Å². The van der Waals surface area contributed by atoms with E-state index in [-0.39, 0.29) is 30.8 Å². The van der Waals surface area contributed by atoms with Gasteiger partial charge in [0.05, 0.1) is 6.33 Å². The summed E-state index contributed by atoms with van der Waals surface area (Å²) in [5.41, 5.74) is 0.753. The van der Waals surface area contributed by atoms with Crippen LogP contribution in [-0.2, 0) is 36.9 Å². The number of hydrogen-bond donors (Lipinski definition) is 4. The maximum Gasteiger partial charge on any atom is 0.258 e. The molecule has 13 nitrogen and oxygen atoms in total. The van der Waals surface area contributed by atoms with Gasteiger partial charge in [-0.15, -0.1) is 0 Å². The summed E-state index contributed by atoms with van der Waals surface area (Å²) in [7, 11) is 0. The van der Waals surface area contributed by atoms with E-state index in [0.29, 0.717) is 38.2 Å². The van der Waals surface area contributed by atoms with Crippen LogP contribution in [0.3, 0.4) is 0 Å². The zero-order valence-electron chi connectivity index (χ0n) is 24.2. The minimum absolute atomic E-state index is 0.186. The van der Waals surface area contributed by atoms with E-state index < -0.39 is 41.9 Å². The summed E-state index contributed by atoms with van der Waals surface area (Å²) in [5, 5.41) is 11.1. The molecular weight excluding hydrogens is 542 g/mol. The molecule has 5 amide bonds. The van der Waals surface area contributed by atoms with Crippen LogP contribution in [0.15, 0.2) is 43.0 Å². The van der Waals surface area contributed by atoms with E-state index in [1.807, 2.05) is 18.4 Å². The van der Waals surface area contributed by atoms with Crippen LogP contribution in [0, 0.1) is 5.92 Å². The monoisotopic (exact) mass is 581 g/mol. The molecule has 4 atom stereocenters. The van der Waals surface area contributed by atoms with Gasteiger partial charge in [0.15, 0.2) is 6.61 Å². The van der Waals surface area contributed by atoms with E-state index >= 15 is 0 Å². The molecule has 226 valence electrons. The fourth-order valence-electron chi connectivity index (χ4n) is 5.05. The molecule has 1 saturated heterocycles. The molecule has 0 unspecified atom stereocenters. The first-order valence-corrected chi connectivity index (χ1v) is 14.3. The standard InChI is InChI=1S/C29H39N7O6/c1-18(2)25-29(41)36-12-4-5-23(36)28(40)32-19(3)26(38)33-22(27(39)31-11-14-35-13-10-30-17-35)15-20-6-8-21(9-7-20)42-16-24(37)34-25/h6-10,13,17-19,22-23,25H,4-5,11-12,14-16H2,1-3H3,(H,31,39)(H,32,40)(H,33,38)(H,34,37)/t19-,22-,23+,25-/m0/s1. The Balaban J connectivity index is 1.54. The van der Waals surface area contributed by atoms with Crippen LogP contribution in [0.1, 0.15) is 39.2 Å². The Bertz CT molecular complexity index is 1260. The molecule has 5 rings (SSSR count). The average molecular weight is 582 g/mol. The quantitative estimate of drug-likeness (QED) is 0.378. The van der Waals surface area contributed by atoms with Gasteiger partial charge < -0.3 is 35.5 Å². The third-order valence-electron chi connectivity index (χ3n) is 7.43. The molecule has 4 N–H and O–H groups in total. The maximum absolute atomic E-state index is 13.5. The summed E-state index contributed by atoms with van der Waals surface area (Å²) < 4.78 is 7.46. The maximum atomic E-state index is 13.5. The molecule has 3 aliphatic rings. The van der Waals surface area contributed by atoms with E-state index in [0.717, 1.165) is 5.56 Å². The smallest absolute Gasteiger partial charge is 0.258 e. The van der Waals surface area contributed by atoms with Crippen LogP contribution < -0.4 is 26.0 Å². The van der Waals surface area contributed by atoms with E-state index in [9.17, 15) is 24.0 Å². The number of rotatable bonds is 5. The first-order valence-electron chi connectivity index (χ1n) is 14.3. The summed E-state index contributed by atoms with van der Waals surface area (Å²) >= 11 is 0. The predicted octanol–water partition coefficient (Wildman–Crippen LogP) is -0.244. The van der Waals surface area contributed by atoms with Crippen molar-refractivity contribution in [1.82, 2.24) is 35.7 Å². The van der Waals surface area contributed by atoms with Crippen molar-refractivity contribution in [2.75, 3.05) is 19.7 Å². The summed E-state index contributed by atoms with van der Waals surface area (Å²) in [5.74, 6) is -1.98. The second kappa shape index (κ2) is 14.0. The summed E-state index contributed by atoms with van der Waals surface area (Å²) in [4.78, 5) is 71.3. The Hall–Kier alpha value is -4.42. The Morgan fingerprint density at radius 1 is 1.10 bits per heavy atom. The molecule has 0 aliphatic carbocycles. The van der Waals surface area contributed by atoms with Gasteiger partial charge in [-0.25, -0.2) is 4.98 Å². The lowest BCUT2D eigenvalue weighted by molar-refractivity contribution is -0.143. The molecule has 42 heavy (non-hydrogen) atoms. The molecule has 0 spiro atoms. The van der Waals surface area contributed by atoms with Crippen LogP contribution in [-0.4, -0.2) is 87.9 Å². The van der Waals surface area contributed by atoms with E-state index in [1.165, 1.54) is 11.8 Å². The molecule has 13 heteroatoms. The van der Waals surface area contributed by atoms with Crippen molar-refractivity contribution < 1.29 is 28.7 Å². The van der Waals surface area contributed by atoms with E-state index in [4.69, 9.17) is 4.74 Å². The summed E-state index contributed by atoms with van der Waals surface area (Å²) in [6.45, 7) is 6.07. The van der Waals surface area contributed by atoms with Crippen molar-refractivity contribution in [2.45, 2.75) is 70.7 Å². The molecular formula is C29H39N7O6. The second-order valence-electron chi connectivity index (χ2n) is 11.0. The number of carbonyl (C=O) groups is 5. The zero-order valence-corrected chi connectivity index (χ0v) is 24.2. The molecule has 1 aromatic carbocycles.